The van der Waals surface area contributed by atoms with Crippen LogP contribution in [0.25, 0.3) is 10.6 Å². The largest absolute Gasteiger partial charge is 0.323 e. The molecule has 0 saturated carbocycles. The van der Waals surface area contributed by atoms with Gasteiger partial charge >= 0.3 is 6.03 Å². The third-order valence-electron chi connectivity index (χ3n) is 3.50. The number of amides is 2. The summed E-state index contributed by atoms with van der Waals surface area (Å²) in [5.41, 5.74) is 3.80. The highest BCUT2D eigenvalue weighted by atomic mass is 32.1. The molecule has 5 nitrogen and oxygen atoms in total. The first kappa shape index (κ1) is 16.1. The first-order valence-electron chi connectivity index (χ1n) is 7.55. The van der Waals surface area contributed by atoms with Gasteiger partial charge in [-0.15, -0.1) is 11.3 Å². The second kappa shape index (κ2) is 7.23. The minimum atomic E-state index is -0.153. The minimum Gasteiger partial charge on any atom is -0.323 e. The molecule has 2 amide bonds. The van der Waals surface area contributed by atoms with Gasteiger partial charge in [0.15, 0.2) is 0 Å². The van der Waals surface area contributed by atoms with Crippen molar-refractivity contribution in [3.8, 4) is 10.6 Å². The maximum absolute atomic E-state index is 12.4. The van der Waals surface area contributed by atoms with Crippen molar-refractivity contribution in [3.63, 3.8) is 0 Å². The number of hydrogen-bond acceptors (Lipinski definition) is 4. The fourth-order valence-corrected chi connectivity index (χ4v) is 3.06. The van der Waals surface area contributed by atoms with Crippen LogP contribution >= 0.6 is 11.3 Å². The standard InChI is InChI=1S/C18H18N4OS/c1-13-12-24-17(20-13)15-4-3-5-16(10-15)21-18(23)22(2)11-14-6-8-19-9-7-14/h3-10,12H,11H2,1-2H3,(H,21,23). The average molecular weight is 338 g/mol. The number of rotatable bonds is 4. The third-order valence-corrected chi connectivity index (χ3v) is 4.50. The number of nitrogens with zero attached hydrogens (tertiary/aromatic N) is 3. The van der Waals surface area contributed by atoms with Crippen LogP contribution in [0.15, 0.2) is 54.2 Å². The smallest absolute Gasteiger partial charge is 0.321 e. The van der Waals surface area contributed by atoms with Crippen LogP contribution in [0.3, 0.4) is 0 Å². The number of aryl methyl sites for hydroxylation is 1. The van der Waals surface area contributed by atoms with Crippen molar-refractivity contribution in [2.24, 2.45) is 0 Å². The molecule has 0 bridgehead atoms. The zero-order valence-electron chi connectivity index (χ0n) is 13.6. The van der Waals surface area contributed by atoms with Crippen LogP contribution in [0.4, 0.5) is 10.5 Å². The SMILES string of the molecule is Cc1csc(-c2cccc(NC(=O)N(C)Cc3ccncc3)c2)n1. The molecular formula is C18H18N4OS. The van der Waals surface area contributed by atoms with E-state index >= 15 is 0 Å². The Balaban J connectivity index is 1.68. The van der Waals surface area contributed by atoms with E-state index in [9.17, 15) is 4.79 Å². The summed E-state index contributed by atoms with van der Waals surface area (Å²) in [6.45, 7) is 2.50. The number of carbonyl (C=O) groups is 1. The van der Waals surface area contributed by atoms with Crippen LogP contribution in [0.5, 0.6) is 0 Å². The summed E-state index contributed by atoms with van der Waals surface area (Å²) in [5.74, 6) is 0. The van der Waals surface area contributed by atoms with E-state index in [1.807, 2.05) is 48.7 Å². The van der Waals surface area contributed by atoms with Crippen molar-refractivity contribution in [3.05, 3.63) is 65.4 Å². The topological polar surface area (TPSA) is 58.1 Å². The summed E-state index contributed by atoms with van der Waals surface area (Å²) in [4.78, 5) is 22.5. The number of aromatic nitrogens is 2. The third kappa shape index (κ3) is 3.97. The summed E-state index contributed by atoms with van der Waals surface area (Å²) in [7, 11) is 1.77. The van der Waals surface area contributed by atoms with Crippen LogP contribution < -0.4 is 5.32 Å². The number of urea groups is 1. The highest BCUT2D eigenvalue weighted by molar-refractivity contribution is 7.13. The number of anilines is 1. The van der Waals surface area contributed by atoms with Gasteiger partial charge in [-0.25, -0.2) is 9.78 Å². The summed E-state index contributed by atoms with van der Waals surface area (Å²) >= 11 is 1.60. The molecule has 2 aromatic heterocycles. The summed E-state index contributed by atoms with van der Waals surface area (Å²) in [5, 5.41) is 5.90. The van der Waals surface area contributed by atoms with E-state index in [2.05, 4.69) is 15.3 Å². The Bertz CT molecular complexity index is 832. The molecule has 0 aliphatic carbocycles. The lowest BCUT2D eigenvalue weighted by atomic mass is 10.2. The Morgan fingerprint density at radius 2 is 2.04 bits per heavy atom. The van der Waals surface area contributed by atoms with Gasteiger partial charge in [0.1, 0.15) is 5.01 Å². The molecule has 0 saturated heterocycles. The van der Waals surface area contributed by atoms with Gasteiger partial charge in [-0.3, -0.25) is 4.98 Å². The van der Waals surface area contributed by atoms with Crippen molar-refractivity contribution in [1.82, 2.24) is 14.9 Å². The van der Waals surface area contributed by atoms with Crippen molar-refractivity contribution in [2.45, 2.75) is 13.5 Å². The number of hydrogen-bond donors (Lipinski definition) is 1. The van der Waals surface area contributed by atoms with Gasteiger partial charge in [-0.1, -0.05) is 12.1 Å². The lowest BCUT2D eigenvalue weighted by Crippen LogP contribution is -2.30. The van der Waals surface area contributed by atoms with Gasteiger partial charge in [-0.05, 0) is 36.8 Å². The van der Waals surface area contributed by atoms with E-state index in [0.29, 0.717) is 6.54 Å². The number of nitrogens with one attached hydrogen (secondary N) is 1. The van der Waals surface area contributed by atoms with Crippen LogP contribution in [0.1, 0.15) is 11.3 Å². The molecule has 0 aliphatic rings. The molecule has 24 heavy (non-hydrogen) atoms. The molecule has 0 unspecified atom stereocenters. The number of pyridine rings is 1. The molecule has 0 atom stereocenters. The van der Waals surface area contributed by atoms with E-state index in [0.717, 1.165) is 27.5 Å². The predicted octanol–water partition coefficient (Wildman–Crippen LogP) is 4.18. The van der Waals surface area contributed by atoms with E-state index in [1.54, 1.807) is 35.7 Å². The minimum absolute atomic E-state index is 0.153. The van der Waals surface area contributed by atoms with Crippen LogP contribution in [0, 0.1) is 6.92 Å². The number of benzene rings is 1. The lowest BCUT2D eigenvalue weighted by Gasteiger charge is -2.18. The Labute approximate surface area is 145 Å². The van der Waals surface area contributed by atoms with Gasteiger partial charge in [0.25, 0.3) is 0 Å². The molecule has 3 rings (SSSR count). The number of carbonyl (C=O) groups excluding carboxylic acids is 1. The van der Waals surface area contributed by atoms with Crippen LogP contribution in [-0.2, 0) is 6.54 Å². The average Bonchev–Trinajstić information content (AvgIpc) is 3.02. The highest BCUT2D eigenvalue weighted by Gasteiger charge is 2.10. The maximum Gasteiger partial charge on any atom is 0.321 e. The molecule has 0 aliphatic heterocycles. The summed E-state index contributed by atoms with van der Waals surface area (Å²) in [6, 6.07) is 11.4. The van der Waals surface area contributed by atoms with E-state index in [-0.39, 0.29) is 6.03 Å². The Hall–Kier alpha value is -2.73. The van der Waals surface area contributed by atoms with Crippen molar-refractivity contribution < 1.29 is 4.79 Å². The molecule has 122 valence electrons. The van der Waals surface area contributed by atoms with Crippen molar-refractivity contribution >= 4 is 23.1 Å². The van der Waals surface area contributed by atoms with Crippen molar-refractivity contribution in [1.29, 1.82) is 0 Å². The van der Waals surface area contributed by atoms with Gasteiger partial charge in [0.05, 0.1) is 0 Å². The van der Waals surface area contributed by atoms with Gasteiger partial charge < -0.3 is 10.2 Å². The molecule has 1 aromatic carbocycles. The zero-order valence-corrected chi connectivity index (χ0v) is 14.4. The van der Waals surface area contributed by atoms with E-state index < -0.39 is 0 Å². The molecule has 0 radical (unpaired) electrons. The van der Waals surface area contributed by atoms with Crippen LogP contribution in [-0.4, -0.2) is 27.9 Å². The zero-order chi connectivity index (χ0) is 16.9. The van der Waals surface area contributed by atoms with Crippen molar-refractivity contribution in [2.75, 3.05) is 12.4 Å². The van der Waals surface area contributed by atoms with Gasteiger partial charge in [0, 0.05) is 48.3 Å². The summed E-state index contributed by atoms with van der Waals surface area (Å²) < 4.78 is 0. The Morgan fingerprint density at radius 1 is 1.25 bits per heavy atom. The lowest BCUT2D eigenvalue weighted by molar-refractivity contribution is 0.220. The fraction of sp³-hybridized carbons (Fsp3) is 0.167. The van der Waals surface area contributed by atoms with E-state index in [1.165, 1.54) is 0 Å². The molecular weight excluding hydrogens is 320 g/mol. The van der Waals surface area contributed by atoms with Crippen LogP contribution in [0.2, 0.25) is 0 Å². The molecule has 2 heterocycles. The molecule has 0 fully saturated rings. The fourth-order valence-electron chi connectivity index (χ4n) is 2.27. The van der Waals surface area contributed by atoms with Gasteiger partial charge in [0.2, 0.25) is 0 Å². The Morgan fingerprint density at radius 3 is 2.75 bits per heavy atom. The second-order valence-electron chi connectivity index (χ2n) is 5.52. The molecule has 0 spiro atoms. The summed E-state index contributed by atoms with van der Waals surface area (Å²) in [6.07, 6.45) is 3.45. The molecule has 1 N–H and O–H groups in total. The number of thiazole rings is 1. The normalized spacial score (nSPS) is 10.4. The predicted molar refractivity (Wildman–Crippen MR) is 97.0 cm³/mol. The van der Waals surface area contributed by atoms with Gasteiger partial charge in [-0.2, -0.15) is 0 Å². The molecule has 3 aromatic rings. The quantitative estimate of drug-likeness (QED) is 0.776. The monoisotopic (exact) mass is 338 g/mol. The van der Waals surface area contributed by atoms with E-state index in [4.69, 9.17) is 0 Å². The highest BCUT2D eigenvalue weighted by Crippen LogP contribution is 2.26. The first-order valence-corrected chi connectivity index (χ1v) is 8.43. The molecule has 6 heteroatoms. The second-order valence-corrected chi connectivity index (χ2v) is 6.37. The maximum atomic E-state index is 12.4. The Kier molecular flexibility index (Phi) is 4.86. The first-order chi connectivity index (χ1) is 11.6.